The van der Waals surface area contributed by atoms with Crippen LogP contribution in [0, 0.1) is 5.92 Å². The summed E-state index contributed by atoms with van der Waals surface area (Å²) in [6, 6.07) is 7.52. The van der Waals surface area contributed by atoms with Gasteiger partial charge in [0.25, 0.3) is 0 Å². The summed E-state index contributed by atoms with van der Waals surface area (Å²) in [5, 5.41) is 2.73. The Balaban J connectivity index is 2.07. The van der Waals surface area contributed by atoms with Crippen LogP contribution in [-0.2, 0) is 9.59 Å². The van der Waals surface area contributed by atoms with Crippen molar-refractivity contribution in [2.24, 2.45) is 5.92 Å². The Bertz CT molecular complexity index is 516. The van der Waals surface area contributed by atoms with E-state index in [0.29, 0.717) is 13.1 Å². The van der Waals surface area contributed by atoms with Crippen LogP contribution in [0.2, 0.25) is 0 Å². The molecule has 19 heavy (non-hydrogen) atoms. The van der Waals surface area contributed by atoms with Gasteiger partial charge in [0, 0.05) is 29.7 Å². The third kappa shape index (κ3) is 3.23. The molecule has 1 unspecified atom stereocenters. The van der Waals surface area contributed by atoms with Gasteiger partial charge in [-0.25, -0.2) is 0 Å². The van der Waals surface area contributed by atoms with Gasteiger partial charge in [0.05, 0.1) is 5.92 Å². The van der Waals surface area contributed by atoms with E-state index in [0.717, 1.165) is 10.2 Å². The Hall–Kier alpha value is -1.62. The highest BCUT2D eigenvalue weighted by Crippen LogP contribution is 2.27. The lowest BCUT2D eigenvalue weighted by Crippen LogP contribution is -2.32. The predicted octanol–water partition coefficient (Wildman–Crippen LogP) is 2.10. The van der Waals surface area contributed by atoms with E-state index in [4.69, 9.17) is 0 Å². The highest BCUT2D eigenvalue weighted by atomic mass is 79.9. The number of carbonyl (C=O) groups is 2. The average Bonchev–Trinajstić information content (AvgIpc) is 2.78. The van der Waals surface area contributed by atoms with Crippen LogP contribution in [-0.4, -0.2) is 24.9 Å². The van der Waals surface area contributed by atoms with Gasteiger partial charge in [0.15, 0.2) is 0 Å². The van der Waals surface area contributed by atoms with Crippen LogP contribution >= 0.6 is 15.9 Å². The zero-order valence-electron chi connectivity index (χ0n) is 10.4. The molecule has 2 amide bonds. The molecule has 1 aliphatic rings. The van der Waals surface area contributed by atoms with Crippen molar-refractivity contribution in [3.8, 4) is 0 Å². The second-order valence-corrected chi connectivity index (χ2v) is 5.33. The Morgan fingerprint density at radius 3 is 3.05 bits per heavy atom. The van der Waals surface area contributed by atoms with Crippen molar-refractivity contribution >= 4 is 33.4 Å². The average molecular weight is 323 g/mol. The van der Waals surface area contributed by atoms with Crippen LogP contribution in [0.1, 0.15) is 6.42 Å². The van der Waals surface area contributed by atoms with Crippen LogP contribution in [0.4, 0.5) is 5.69 Å². The highest BCUT2D eigenvalue weighted by Gasteiger charge is 2.34. The standard InChI is InChI=1S/C14H15BrN2O2/c1-2-6-16-14(19)10-7-13(18)17(9-10)12-5-3-4-11(15)8-12/h2-5,8,10H,1,6-7,9H2,(H,16,19). The van der Waals surface area contributed by atoms with Crippen molar-refractivity contribution in [1.82, 2.24) is 5.32 Å². The smallest absolute Gasteiger partial charge is 0.227 e. The van der Waals surface area contributed by atoms with E-state index in [2.05, 4.69) is 27.8 Å². The number of amides is 2. The first kappa shape index (κ1) is 13.8. The lowest BCUT2D eigenvalue weighted by Gasteiger charge is -2.16. The topological polar surface area (TPSA) is 49.4 Å². The third-order valence-electron chi connectivity index (χ3n) is 3.04. The third-order valence-corrected chi connectivity index (χ3v) is 3.53. The minimum atomic E-state index is -0.286. The lowest BCUT2D eigenvalue weighted by molar-refractivity contribution is -0.126. The molecule has 1 N–H and O–H groups in total. The number of hydrogen-bond donors (Lipinski definition) is 1. The minimum absolute atomic E-state index is 0.0168. The number of benzene rings is 1. The summed E-state index contributed by atoms with van der Waals surface area (Å²) < 4.78 is 0.914. The van der Waals surface area contributed by atoms with E-state index >= 15 is 0 Å². The van der Waals surface area contributed by atoms with Crippen molar-refractivity contribution in [2.45, 2.75) is 6.42 Å². The summed E-state index contributed by atoms with van der Waals surface area (Å²) in [6.07, 6.45) is 1.89. The Labute approximate surface area is 120 Å². The molecule has 5 heteroatoms. The molecule has 0 aliphatic carbocycles. The van der Waals surface area contributed by atoms with Crippen LogP contribution in [0.3, 0.4) is 0 Å². The summed E-state index contributed by atoms with van der Waals surface area (Å²) in [5.74, 6) is -0.394. The molecule has 0 bridgehead atoms. The second kappa shape index (κ2) is 6.02. The van der Waals surface area contributed by atoms with Gasteiger partial charge in [0.2, 0.25) is 11.8 Å². The molecule has 1 heterocycles. The van der Waals surface area contributed by atoms with Gasteiger partial charge in [-0.2, -0.15) is 0 Å². The number of anilines is 1. The maximum absolute atomic E-state index is 12.0. The molecular weight excluding hydrogens is 308 g/mol. The van der Waals surface area contributed by atoms with Crippen LogP contribution in [0.25, 0.3) is 0 Å². The molecule has 0 aromatic heterocycles. The monoisotopic (exact) mass is 322 g/mol. The first-order chi connectivity index (χ1) is 9.11. The molecule has 1 saturated heterocycles. The van der Waals surface area contributed by atoms with E-state index in [-0.39, 0.29) is 24.2 Å². The number of nitrogens with one attached hydrogen (secondary N) is 1. The first-order valence-electron chi connectivity index (χ1n) is 6.06. The fourth-order valence-corrected chi connectivity index (χ4v) is 2.48. The fraction of sp³-hybridized carbons (Fsp3) is 0.286. The van der Waals surface area contributed by atoms with Crippen LogP contribution in [0.5, 0.6) is 0 Å². The summed E-state index contributed by atoms with van der Waals surface area (Å²) in [5.41, 5.74) is 0.818. The summed E-state index contributed by atoms with van der Waals surface area (Å²) in [7, 11) is 0. The number of rotatable bonds is 4. The van der Waals surface area contributed by atoms with Crippen molar-refractivity contribution in [1.29, 1.82) is 0 Å². The first-order valence-corrected chi connectivity index (χ1v) is 6.85. The second-order valence-electron chi connectivity index (χ2n) is 4.42. The van der Waals surface area contributed by atoms with Gasteiger partial charge in [-0.05, 0) is 18.2 Å². The summed E-state index contributed by atoms with van der Waals surface area (Å²) >= 11 is 3.38. The molecule has 100 valence electrons. The van der Waals surface area contributed by atoms with Gasteiger partial charge < -0.3 is 10.2 Å². The van der Waals surface area contributed by atoms with Crippen molar-refractivity contribution < 1.29 is 9.59 Å². The predicted molar refractivity (Wildman–Crippen MR) is 77.8 cm³/mol. The van der Waals surface area contributed by atoms with E-state index in [1.165, 1.54) is 0 Å². The number of halogens is 1. The van der Waals surface area contributed by atoms with E-state index in [9.17, 15) is 9.59 Å². The number of carbonyl (C=O) groups excluding carboxylic acids is 2. The maximum Gasteiger partial charge on any atom is 0.227 e. The largest absolute Gasteiger partial charge is 0.352 e. The maximum atomic E-state index is 12.0. The van der Waals surface area contributed by atoms with Crippen LogP contribution in [0.15, 0.2) is 41.4 Å². The number of hydrogen-bond acceptors (Lipinski definition) is 2. The molecule has 4 nitrogen and oxygen atoms in total. The highest BCUT2D eigenvalue weighted by molar-refractivity contribution is 9.10. The molecule has 1 aliphatic heterocycles. The molecule has 0 radical (unpaired) electrons. The van der Waals surface area contributed by atoms with Gasteiger partial charge in [0.1, 0.15) is 0 Å². The molecule has 0 spiro atoms. The fourth-order valence-electron chi connectivity index (χ4n) is 2.09. The Kier molecular flexibility index (Phi) is 4.37. The van der Waals surface area contributed by atoms with Gasteiger partial charge in [-0.15, -0.1) is 6.58 Å². The zero-order valence-corrected chi connectivity index (χ0v) is 12.0. The Morgan fingerprint density at radius 1 is 1.58 bits per heavy atom. The van der Waals surface area contributed by atoms with Crippen molar-refractivity contribution in [3.05, 3.63) is 41.4 Å². The lowest BCUT2D eigenvalue weighted by atomic mass is 10.1. The SMILES string of the molecule is C=CCNC(=O)C1CC(=O)N(c2cccc(Br)c2)C1. The number of nitrogens with zero attached hydrogens (tertiary/aromatic N) is 1. The zero-order chi connectivity index (χ0) is 13.8. The van der Waals surface area contributed by atoms with Crippen molar-refractivity contribution in [2.75, 3.05) is 18.0 Å². The van der Waals surface area contributed by atoms with Gasteiger partial charge >= 0.3 is 0 Å². The Morgan fingerprint density at radius 2 is 2.37 bits per heavy atom. The summed E-state index contributed by atoms with van der Waals surface area (Å²) in [4.78, 5) is 25.5. The van der Waals surface area contributed by atoms with Crippen LogP contribution < -0.4 is 10.2 Å². The van der Waals surface area contributed by atoms with Gasteiger partial charge in [-0.1, -0.05) is 28.1 Å². The normalized spacial score (nSPS) is 18.5. The van der Waals surface area contributed by atoms with Crippen molar-refractivity contribution in [3.63, 3.8) is 0 Å². The van der Waals surface area contributed by atoms with E-state index in [1.807, 2.05) is 24.3 Å². The molecule has 2 rings (SSSR count). The molecule has 1 atom stereocenters. The molecule has 1 aromatic carbocycles. The minimum Gasteiger partial charge on any atom is -0.352 e. The quantitative estimate of drug-likeness (QED) is 0.863. The summed E-state index contributed by atoms with van der Waals surface area (Å²) in [6.45, 7) is 4.41. The molecule has 1 aromatic rings. The molecule has 1 fully saturated rings. The molecule has 0 saturated carbocycles. The van der Waals surface area contributed by atoms with E-state index < -0.39 is 0 Å². The van der Waals surface area contributed by atoms with Gasteiger partial charge in [-0.3, -0.25) is 9.59 Å². The van der Waals surface area contributed by atoms with E-state index in [1.54, 1.807) is 11.0 Å². The molecular formula is C14H15BrN2O2.